The first-order valence-corrected chi connectivity index (χ1v) is 13.0. The van der Waals surface area contributed by atoms with E-state index < -0.39 is 16.3 Å². The van der Waals surface area contributed by atoms with Crippen LogP contribution in [0.15, 0.2) is 59.5 Å². The van der Waals surface area contributed by atoms with Crippen LogP contribution < -0.4 is 33.9 Å². The molecule has 0 saturated carbocycles. The van der Waals surface area contributed by atoms with Crippen LogP contribution in [0.25, 0.3) is 0 Å². The van der Waals surface area contributed by atoms with Crippen molar-refractivity contribution >= 4 is 10.0 Å². The number of hydrogen-bond acceptors (Lipinski definition) is 8. The summed E-state index contributed by atoms with van der Waals surface area (Å²) < 4.78 is 54.6. The number of benzene rings is 3. The fraction of sp³-hybridized carbons (Fsp3) is 0.308. The number of hydrazine groups is 1. The molecule has 3 atom stereocenters. The maximum atomic E-state index is 12.9. The van der Waals surface area contributed by atoms with Crippen molar-refractivity contribution in [2.75, 3.05) is 21.0 Å². The summed E-state index contributed by atoms with van der Waals surface area (Å²) in [5.74, 6) is 2.47. The summed E-state index contributed by atoms with van der Waals surface area (Å²) in [5, 5.41) is 0. The molecule has 3 aromatic rings. The van der Waals surface area contributed by atoms with Crippen molar-refractivity contribution in [3.05, 3.63) is 71.3 Å². The van der Waals surface area contributed by atoms with Gasteiger partial charge >= 0.3 is 0 Å². The van der Waals surface area contributed by atoms with Crippen molar-refractivity contribution in [2.24, 2.45) is 5.92 Å². The number of hydrogen-bond donors (Lipinski definition) is 2. The Balaban J connectivity index is 1.52. The molecule has 0 aliphatic carbocycles. The predicted octanol–water partition coefficient (Wildman–Crippen LogP) is 3.71. The molecule has 5 rings (SSSR count). The van der Waals surface area contributed by atoms with Gasteiger partial charge in [-0.3, -0.25) is 0 Å². The van der Waals surface area contributed by atoms with Crippen molar-refractivity contribution in [1.29, 1.82) is 0 Å². The Labute approximate surface area is 210 Å². The predicted molar refractivity (Wildman–Crippen MR) is 132 cm³/mol. The molecule has 2 N–H and O–H groups in total. The number of ether oxygens (including phenoxy) is 5. The highest BCUT2D eigenvalue weighted by Crippen LogP contribution is 2.51. The van der Waals surface area contributed by atoms with Gasteiger partial charge in [0.25, 0.3) is 10.0 Å². The van der Waals surface area contributed by atoms with Gasteiger partial charge in [-0.2, -0.15) is 0 Å². The molecule has 0 amide bonds. The second-order valence-corrected chi connectivity index (χ2v) is 10.4. The summed E-state index contributed by atoms with van der Waals surface area (Å²) in [7, 11) is -0.640. The second kappa shape index (κ2) is 9.53. The van der Waals surface area contributed by atoms with Gasteiger partial charge in [-0.05, 0) is 31.2 Å². The van der Waals surface area contributed by atoms with Crippen molar-refractivity contribution in [1.82, 2.24) is 10.3 Å². The zero-order chi connectivity index (χ0) is 25.4. The van der Waals surface area contributed by atoms with E-state index in [1.54, 1.807) is 44.6 Å². The van der Waals surface area contributed by atoms with Crippen LogP contribution in [-0.4, -0.2) is 35.7 Å². The first-order chi connectivity index (χ1) is 17.3. The van der Waals surface area contributed by atoms with Gasteiger partial charge in [-0.1, -0.05) is 36.8 Å². The molecule has 0 spiro atoms. The molecular weight excluding hydrogens is 484 g/mol. The lowest BCUT2D eigenvalue weighted by atomic mass is 9.78. The standard InChI is InChI=1S/C26H28N2O7S/c1-15-8-10-17(11-9-15)36(29,30)28-27-26-16(2)24(18-6-5-7-20(31-3)25(18)32-4)19-12-22-23(34-14-33-22)13-21(19)35-26/h5-13,16,24,26-28H,14H2,1-4H3/t16-,24-,26-/m1/s1. The lowest BCUT2D eigenvalue weighted by molar-refractivity contribution is 0.0732. The van der Waals surface area contributed by atoms with E-state index in [2.05, 4.69) is 10.3 Å². The molecule has 9 nitrogen and oxygen atoms in total. The smallest absolute Gasteiger partial charge is 0.253 e. The van der Waals surface area contributed by atoms with E-state index >= 15 is 0 Å². The van der Waals surface area contributed by atoms with E-state index in [4.69, 9.17) is 23.7 Å². The molecule has 190 valence electrons. The third-order valence-corrected chi connectivity index (χ3v) is 7.81. The molecular formula is C26H28N2O7S. The zero-order valence-electron chi connectivity index (χ0n) is 20.4. The number of rotatable bonds is 7. The van der Waals surface area contributed by atoms with E-state index in [9.17, 15) is 8.42 Å². The van der Waals surface area contributed by atoms with Crippen LogP contribution in [0.4, 0.5) is 0 Å². The van der Waals surface area contributed by atoms with Crippen molar-refractivity contribution in [3.8, 4) is 28.7 Å². The lowest BCUT2D eigenvalue weighted by Gasteiger charge is -2.39. The van der Waals surface area contributed by atoms with Gasteiger partial charge in [-0.25, -0.2) is 13.8 Å². The van der Waals surface area contributed by atoms with Gasteiger partial charge in [0.1, 0.15) is 5.75 Å². The van der Waals surface area contributed by atoms with Crippen LogP contribution in [0.5, 0.6) is 28.7 Å². The molecule has 10 heteroatoms. The largest absolute Gasteiger partial charge is 0.493 e. The summed E-state index contributed by atoms with van der Waals surface area (Å²) >= 11 is 0. The third kappa shape index (κ3) is 4.32. The van der Waals surface area contributed by atoms with Gasteiger partial charge in [0.05, 0.1) is 19.1 Å². The number of methoxy groups -OCH3 is 2. The Morgan fingerprint density at radius 3 is 2.33 bits per heavy atom. The molecule has 0 unspecified atom stereocenters. The number of fused-ring (bicyclic) bond motifs is 2. The maximum absolute atomic E-state index is 12.9. The molecule has 2 aliphatic rings. The molecule has 0 bridgehead atoms. The van der Waals surface area contributed by atoms with E-state index in [0.717, 1.165) is 16.7 Å². The Bertz CT molecular complexity index is 1380. The van der Waals surface area contributed by atoms with Crippen LogP contribution in [0, 0.1) is 12.8 Å². The first-order valence-electron chi connectivity index (χ1n) is 11.5. The van der Waals surface area contributed by atoms with Gasteiger partial charge in [0, 0.05) is 29.0 Å². The fourth-order valence-corrected chi connectivity index (χ4v) is 5.55. The van der Waals surface area contributed by atoms with Crippen LogP contribution in [0.1, 0.15) is 29.5 Å². The second-order valence-electron chi connectivity index (χ2n) is 8.76. The fourth-order valence-electron chi connectivity index (χ4n) is 4.67. The van der Waals surface area contributed by atoms with Gasteiger partial charge in [-0.15, -0.1) is 4.83 Å². The van der Waals surface area contributed by atoms with Crippen LogP contribution in [-0.2, 0) is 10.0 Å². The van der Waals surface area contributed by atoms with Gasteiger partial charge in [0.2, 0.25) is 6.79 Å². The average molecular weight is 513 g/mol. The Morgan fingerprint density at radius 2 is 1.64 bits per heavy atom. The van der Waals surface area contributed by atoms with E-state index in [1.807, 2.05) is 38.1 Å². The molecule has 0 saturated heterocycles. The first kappa shape index (κ1) is 24.2. The zero-order valence-corrected chi connectivity index (χ0v) is 21.2. The van der Waals surface area contributed by atoms with Gasteiger partial charge < -0.3 is 23.7 Å². The Kier molecular flexibility index (Phi) is 6.42. The van der Waals surface area contributed by atoms with Crippen molar-refractivity contribution in [3.63, 3.8) is 0 Å². The number of para-hydroxylation sites is 1. The monoisotopic (exact) mass is 512 g/mol. The van der Waals surface area contributed by atoms with E-state index in [0.29, 0.717) is 28.7 Å². The minimum atomic E-state index is -3.82. The molecule has 2 aliphatic heterocycles. The summed E-state index contributed by atoms with van der Waals surface area (Å²) in [6.45, 7) is 4.00. The Hall–Kier alpha value is -3.47. The highest BCUT2D eigenvalue weighted by atomic mass is 32.2. The van der Waals surface area contributed by atoms with Crippen LogP contribution in [0.2, 0.25) is 0 Å². The topological polar surface area (TPSA) is 104 Å². The molecule has 2 heterocycles. The molecule has 0 radical (unpaired) electrons. The Morgan fingerprint density at radius 1 is 0.917 bits per heavy atom. The summed E-state index contributed by atoms with van der Waals surface area (Å²) in [6, 6.07) is 16.0. The quantitative estimate of drug-likeness (QED) is 0.462. The van der Waals surface area contributed by atoms with E-state index in [1.165, 1.54) is 0 Å². The SMILES string of the molecule is COc1cccc([C@@H]2c3cc4c(cc3O[C@@H](NNS(=O)(=O)c3ccc(C)cc3)[C@@H]2C)OCO4)c1OC. The minimum Gasteiger partial charge on any atom is -0.493 e. The van der Waals surface area contributed by atoms with Crippen LogP contribution >= 0.6 is 0 Å². The summed E-state index contributed by atoms with van der Waals surface area (Å²) in [6.07, 6.45) is -0.709. The molecule has 0 fully saturated rings. The van der Waals surface area contributed by atoms with Crippen LogP contribution in [0.3, 0.4) is 0 Å². The highest BCUT2D eigenvalue weighted by Gasteiger charge is 2.40. The highest BCUT2D eigenvalue weighted by molar-refractivity contribution is 7.89. The third-order valence-electron chi connectivity index (χ3n) is 6.53. The molecule has 36 heavy (non-hydrogen) atoms. The van der Waals surface area contributed by atoms with Crippen molar-refractivity contribution < 1.29 is 32.1 Å². The van der Waals surface area contributed by atoms with E-state index in [-0.39, 0.29) is 23.5 Å². The minimum absolute atomic E-state index is 0.124. The maximum Gasteiger partial charge on any atom is 0.253 e. The van der Waals surface area contributed by atoms with Gasteiger partial charge in [0.15, 0.2) is 29.2 Å². The normalized spacial score (nSPS) is 20.4. The number of nitrogens with one attached hydrogen (secondary N) is 2. The van der Waals surface area contributed by atoms with Crippen molar-refractivity contribution in [2.45, 2.75) is 30.9 Å². The average Bonchev–Trinajstić information content (AvgIpc) is 3.33. The number of sulfonamides is 1. The number of aryl methyl sites for hydroxylation is 1. The molecule has 0 aromatic heterocycles. The summed E-state index contributed by atoms with van der Waals surface area (Å²) in [4.78, 5) is 2.64. The summed E-state index contributed by atoms with van der Waals surface area (Å²) in [5.41, 5.74) is 5.61. The lowest BCUT2D eigenvalue weighted by Crippen LogP contribution is -2.52. The molecule has 3 aromatic carbocycles.